The van der Waals surface area contributed by atoms with Crippen LogP contribution in [0.15, 0.2) is 12.7 Å². The van der Waals surface area contributed by atoms with E-state index in [1.807, 2.05) is 0 Å². The van der Waals surface area contributed by atoms with Gasteiger partial charge in [0, 0.05) is 6.04 Å². The Balaban J connectivity index is 2.27. The maximum Gasteiger partial charge on any atom is 0.237 e. The normalized spacial score (nSPS) is 27.1. The number of carbonyl (C=O) groups is 1. The molecule has 1 fully saturated rings. The minimum Gasteiger partial charge on any atom is -0.352 e. The van der Waals surface area contributed by atoms with Gasteiger partial charge in [0.2, 0.25) is 5.91 Å². The van der Waals surface area contributed by atoms with Crippen LogP contribution in [0.2, 0.25) is 0 Å². The fraction of sp³-hybridized carbons (Fsp3) is 0.769. The van der Waals surface area contributed by atoms with Crippen molar-refractivity contribution in [3.63, 3.8) is 0 Å². The van der Waals surface area contributed by atoms with Gasteiger partial charge < -0.3 is 11.1 Å². The van der Waals surface area contributed by atoms with Crippen LogP contribution < -0.4 is 11.1 Å². The molecule has 3 nitrogen and oxygen atoms in total. The summed E-state index contributed by atoms with van der Waals surface area (Å²) in [6, 6.07) is -0.0902. The first kappa shape index (κ1) is 13.2. The lowest BCUT2D eigenvalue weighted by molar-refractivity contribution is -0.123. The molecule has 0 aromatic rings. The Morgan fingerprint density at radius 3 is 2.62 bits per heavy atom. The van der Waals surface area contributed by atoms with Crippen molar-refractivity contribution in [2.45, 2.75) is 57.5 Å². The van der Waals surface area contributed by atoms with Gasteiger partial charge in [0.15, 0.2) is 0 Å². The van der Waals surface area contributed by atoms with Gasteiger partial charge in [0.1, 0.15) is 0 Å². The Morgan fingerprint density at radius 1 is 1.50 bits per heavy atom. The van der Waals surface area contributed by atoms with Crippen molar-refractivity contribution in [2.24, 2.45) is 11.7 Å². The molecule has 92 valence electrons. The van der Waals surface area contributed by atoms with Gasteiger partial charge in [0.05, 0.1) is 6.04 Å². The van der Waals surface area contributed by atoms with Crippen molar-refractivity contribution >= 4 is 5.91 Å². The van der Waals surface area contributed by atoms with E-state index in [1.54, 1.807) is 6.08 Å². The summed E-state index contributed by atoms with van der Waals surface area (Å²) in [7, 11) is 0. The molecule has 0 aliphatic heterocycles. The molecule has 1 atom stereocenters. The first-order chi connectivity index (χ1) is 7.67. The third-order valence-electron chi connectivity index (χ3n) is 3.53. The molecule has 3 N–H and O–H groups in total. The van der Waals surface area contributed by atoms with Crippen LogP contribution in [0.5, 0.6) is 0 Å². The van der Waals surface area contributed by atoms with E-state index < -0.39 is 6.04 Å². The van der Waals surface area contributed by atoms with Gasteiger partial charge in [-0.3, -0.25) is 4.79 Å². The summed E-state index contributed by atoms with van der Waals surface area (Å²) < 4.78 is 0. The highest BCUT2D eigenvalue weighted by Crippen LogP contribution is 2.26. The van der Waals surface area contributed by atoms with Gasteiger partial charge in [-0.25, -0.2) is 0 Å². The van der Waals surface area contributed by atoms with Crippen molar-refractivity contribution < 1.29 is 4.79 Å². The standard InChI is InChI=1S/C13H24N2O/c1-3-5-12(14)13(16)15-11-8-6-10(4-2)7-9-11/h3,10-12H,1,4-9,14H2,2H3,(H,15,16). The molecule has 0 bridgehead atoms. The Morgan fingerprint density at radius 2 is 2.12 bits per heavy atom. The van der Waals surface area contributed by atoms with Crippen LogP contribution in [0.25, 0.3) is 0 Å². The molecule has 0 spiro atoms. The predicted molar refractivity (Wildman–Crippen MR) is 67.0 cm³/mol. The molecule has 0 saturated heterocycles. The Kier molecular flexibility index (Phi) is 5.53. The van der Waals surface area contributed by atoms with Crippen LogP contribution in [0.4, 0.5) is 0 Å². The summed E-state index contributed by atoms with van der Waals surface area (Å²) in [4.78, 5) is 11.7. The molecular formula is C13H24N2O. The van der Waals surface area contributed by atoms with Gasteiger partial charge >= 0.3 is 0 Å². The zero-order valence-electron chi connectivity index (χ0n) is 10.2. The molecule has 1 saturated carbocycles. The van der Waals surface area contributed by atoms with E-state index in [1.165, 1.54) is 19.3 Å². The Labute approximate surface area is 98.5 Å². The van der Waals surface area contributed by atoms with Gasteiger partial charge in [-0.1, -0.05) is 19.4 Å². The number of nitrogens with two attached hydrogens (primary N) is 1. The molecule has 0 radical (unpaired) electrons. The molecular weight excluding hydrogens is 200 g/mol. The summed E-state index contributed by atoms with van der Waals surface area (Å²) in [6.07, 6.45) is 8.18. The molecule has 0 aromatic carbocycles. The maximum atomic E-state index is 11.7. The minimum atomic E-state index is -0.429. The number of hydrogen-bond donors (Lipinski definition) is 2. The van der Waals surface area contributed by atoms with Crippen LogP contribution in [-0.4, -0.2) is 18.0 Å². The van der Waals surface area contributed by atoms with Crippen molar-refractivity contribution in [1.82, 2.24) is 5.32 Å². The fourth-order valence-electron chi connectivity index (χ4n) is 2.31. The van der Waals surface area contributed by atoms with E-state index in [0.717, 1.165) is 18.8 Å². The minimum absolute atomic E-state index is 0.0279. The average Bonchev–Trinajstić information content (AvgIpc) is 2.30. The van der Waals surface area contributed by atoms with Crippen LogP contribution in [0.3, 0.4) is 0 Å². The van der Waals surface area contributed by atoms with Gasteiger partial charge in [-0.15, -0.1) is 6.58 Å². The topological polar surface area (TPSA) is 55.1 Å². The number of amides is 1. The average molecular weight is 224 g/mol. The first-order valence-electron chi connectivity index (χ1n) is 6.34. The number of hydrogen-bond acceptors (Lipinski definition) is 2. The van der Waals surface area contributed by atoms with Gasteiger partial charge in [-0.05, 0) is 38.0 Å². The first-order valence-corrected chi connectivity index (χ1v) is 6.34. The monoisotopic (exact) mass is 224 g/mol. The van der Waals surface area contributed by atoms with Gasteiger partial charge in [0.25, 0.3) is 0 Å². The van der Waals surface area contributed by atoms with Crippen molar-refractivity contribution in [3.05, 3.63) is 12.7 Å². The SMILES string of the molecule is C=CCC(N)C(=O)NC1CCC(CC)CC1. The van der Waals surface area contributed by atoms with Crippen LogP contribution in [0, 0.1) is 5.92 Å². The van der Waals surface area contributed by atoms with Crippen LogP contribution in [0.1, 0.15) is 45.4 Å². The molecule has 3 heteroatoms. The Hall–Kier alpha value is -0.830. The van der Waals surface area contributed by atoms with Crippen molar-refractivity contribution in [2.75, 3.05) is 0 Å². The number of carbonyl (C=O) groups excluding carboxylic acids is 1. The largest absolute Gasteiger partial charge is 0.352 e. The molecule has 1 rings (SSSR count). The highest BCUT2D eigenvalue weighted by Gasteiger charge is 2.22. The smallest absolute Gasteiger partial charge is 0.237 e. The lowest BCUT2D eigenvalue weighted by Gasteiger charge is -2.29. The van der Waals surface area contributed by atoms with E-state index in [0.29, 0.717) is 12.5 Å². The lowest BCUT2D eigenvalue weighted by atomic mass is 9.84. The third-order valence-corrected chi connectivity index (χ3v) is 3.53. The predicted octanol–water partition coefficient (Wildman–Crippen LogP) is 1.97. The fourth-order valence-corrected chi connectivity index (χ4v) is 2.31. The summed E-state index contributed by atoms with van der Waals surface area (Å²) in [5.74, 6) is 0.829. The van der Waals surface area contributed by atoms with E-state index in [-0.39, 0.29) is 5.91 Å². The maximum absolute atomic E-state index is 11.7. The molecule has 1 aliphatic carbocycles. The zero-order valence-corrected chi connectivity index (χ0v) is 10.2. The second-order valence-electron chi connectivity index (χ2n) is 4.77. The zero-order chi connectivity index (χ0) is 12.0. The summed E-state index contributed by atoms with van der Waals surface area (Å²) in [5.41, 5.74) is 5.72. The number of nitrogens with one attached hydrogen (secondary N) is 1. The summed E-state index contributed by atoms with van der Waals surface area (Å²) in [5, 5.41) is 3.04. The molecule has 1 amide bonds. The quantitative estimate of drug-likeness (QED) is 0.702. The lowest BCUT2D eigenvalue weighted by Crippen LogP contribution is -2.46. The highest BCUT2D eigenvalue weighted by molar-refractivity contribution is 5.81. The van der Waals surface area contributed by atoms with Crippen molar-refractivity contribution in [1.29, 1.82) is 0 Å². The second kappa shape index (κ2) is 6.69. The van der Waals surface area contributed by atoms with Crippen LogP contribution >= 0.6 is 0 Å². The third kappa shape index (κ3) is 3.97. The molecule has 16 heavy (non-hydrogen) atoms. The summed E-state index contributed by atoms with van der Waals surface area (Å²) >= 11 is 0. The van der Waals surface area contributed by atoms with E-state index >= 15 is 0 Å². The summed E-state index contributed by atoms with van der Waals surface area (Å²) in [6.45, 7) is 5.83. The highest BCUT2D eigenvalue weighted by atomic mass is 16.2. The molecule has 1 unspecified atom stereocenters. The Bertz CT molecular complexity index is 232. The van der Waals surface area contributed by atoms with Gasteiger partial charge in [-0.2, -0.15) is 0 Å². The second-order valence-corrected chi connectivity index (χ2v) is 4.77. The van der Waals surface area contributed by atoms with E-state index in [4.69, 9.17) is 5.73 Å². The van der Waals surface area contributed by atoms with E-state index in [9.17, 15) is 4.79 Å². The molecule has 0 aromatic heterocycles. The molecule has 1 aliphatic rings. The van der Waals surface area contributed by atoms with Crippen LogP contribution in [-0.2, 0) is 4.79 Å². The van der Waals surface area contributed by atoms with Crippen molar-refractivity contribution in [3.8, 4) is 0 Å². The van der Waals surface area contributed by atoms with E-state index in [2.05, 4.69) is 18.8 Å². The molecule has 0 heterocycles. The number of rotatable bonds is 5.